The Bertz CT molecular complexity index is 1110. The summed E-state index contributed by atoms with van der Waals surface area (Å²) < 4.78 is 63.6. The van der Waals surface area contributed by atoms with Crippen LogP contribution in [0.25, 0.3) is 0 Å². The molecule has 8 nitrogen and oxygen atoms in total. The first-order valence-corrected chi connectivity index (χ1v) is 11.7. The molecular formula is C22H22F3N3O5S. The quantitative estimate of drug-likeness (QED) is 0.603. The number of anilines is 1. The topological polar surface area (TPSA) is 89.0 Å². The minimum Gasteiger partial charge on any atom is -0.474 e. The van der Waals surface area contributed by atoms with E-state index in [1.165, 1.54) is 28.6 Å². The summed E-state index contributed by atoms with van der Waals surface area (Å²) in [7, 11) is -0.592. The van der Waals surface area contributed by atoms with Gasteiger partial charge in [0, 0.05) is 12.7 Å². The molecule has 2 aliphatic heterocycles. The van der Waals surface area contributed by atoms with Crippen LogP contribution in [0, 0.1) is 0 Å². The lowest BCUT2D eigenvalue weighted by Crippen LogP contribution is -2.48. The Kier molecular flexibility index (Phi) is 6.78. The number of esters is 1. The number of halogens is 3. The molecule has 34 heavy (non-hydrogen) atoms. The fraction of sp³-hybridized carbons (Fsp3) is 0.409. The molecule has 3 heterocycles. The number of rotatable bonds is 4. The Labute approximate surface area is 196 Å². The highest BCUT2D eigenvalue weighted by molar-refractivity contribution is 7.86. The summed E-state index contributed by atoms with van der Waals surface area (Å²) in [6.07, 6.45) is -1.15. The van der Waals surface area contributed by atoms with Crippen molar-refractivity contribution in [3.05, 3.63) is 47.7 Å². The van der Waals surface area contributed by atoms with Crippen LogP contribution in [0.3, 0.4) is 0 Å². The predicted octanol–water partition coefficient (Wildman–Crippen LogP) is 3.19. The average molecular weight is 497 g/mol. The summed E-state index contributed by atoms with van der Waals surface area (Å²) in [6.45, 7) is 0.720. The van der Waals surface area contributed by atoms with Crippen molar-refractivity contribution in [2.45, 2.75) is 36.4 Å². The molecule has 0 aliphatic carbocycles. The molecule has 2 unspecified atom stereocenters. The highest BCUT2D eigenvalue weighted by Crippen LogP contribution is 2.35. The van der Waals surface area contributed by atoms with Crippen molar-refractivity contribution >= 4 is 28.5 Å². The number of aromatic nitrogens is 1. The third-order valence-electron chi connectivity index (χ3n) is 5.70. The number of benzene rings is 1. The smallest absolute Gasteiger partial charge is 0.416 e. The average Bonchev–Trinajstić information content (AvgIpc) is 2.86. The maximum atomic E-state index is 13.2. The van der Waals surface area contributed by atoms with Crippen molar-refractivity contribution in [2.24, 2.45) is 0 Å². The molecule has 12 heteroatoms. The van der Waals surface area contributed by atoms with Gasteiger partial charge in [-0.3, -0.25) is 9.10 Å². The minimum absolute atomic E-state index is 0.159. The molecule has 1 amide bonds. The van der Waals surface area contributed by atoms with E-state index >= 15 is 0 Å². The Morgan fingerprint density at radius 3 is 2.59 bits per heavy atom. The van der Waals surface area contributed by atoms with E-state index in [9.17, 15) is 27.0 Å². The lowest BCUT2D eigenvalue weighted by molar-refractivity contribution is -0.147. The molecule has 0 radical (unpaired) electrons. The SMILES string of the molecule is COC(=O)C1CCCCN1C(=O)c1cnc2c(c1)N(S(=O)c1ccc(C(F)(F)F)cc1)CCO2. The molecule has 2 atom stereocenters. The van der Waals surface area contributed by atoms with Crippen LogP contribution in [0.5, 0.6) is 5.88 Å². The molecular weight excluding hydrogens is 475 g/mol. The molecule has 0 N–H and O–H groups in total. The molecule has 182 valence electrons. The Morgan fingerprint density at radius 2 is 1.91 bits per heavy atom. The van der Waals surface area contributed by atoms with Gasteiger partial charge in [0.05, 0.1) is 29.7 Å². The van der Waals surface area contributed by atoms with Crippen LogP contribution in [0.2, 0.25) is 0 Å². The summed E-state index contributed by atoms with van der Waals surface area (Å²) in [6, 6.07) is 4.84. The van der Waals surface area contributed by atoms with Gasteiger partial charge in [0.2, 0.25) is 5.88 Å². The molecule has 1 fully saturated rings. The number of ether oxygens (including phenoxy) is 2. The van der Waals surface area contributed by atoms with Gasteiger partial charge in [0.1, 0.15) is 18.3 Å². The first kappa shape index (κ1) is 24.0. The van der Waals surface area contributed by atoms with E-state index in [1.54, 1.807) is 0 Å². The van der Waals surface area contributed by atoms with Crippen LogP contribution in [0.15, 0.2) is 41.4 Å². The van der Waals surface area contributed by atoms with E-state index < -0.39 is 40.6 Å². The minimum atomic E-state index is -4.50. The number of hydrogen-bond acceptors (Lipinski definition) is 6. The van der Waals surface area contributed by atoms with Crippen LogP contribution >= 0.6 is 0 Å². The van der Waals surface area contributed by atoms with E-state index in [0.29, 0.717) is 13.0 Å². The third kappa shape index (κ3) is 4.72. The van der Waals surface area contributed by atoms with Crippen molar-refractivity contribution in [1.29, 1.82) is 0 Å². The number of likely N-dealkylation sites (tertiary alicyclic amines) is 1. The second kappa shape index (κ2) is 9.61. The van der Waals surface area contributed by atoms with Crippen LogP contribution in [0.4, 0.5) is 18.9 Å². The number of fused-ring (bicyclic) bond motifs is 1. The first-order chi connectivity index (χ1) is 16.2. The van der Waals surface area contributed by atoms with Gasteiger partial charge in [-0.15, -0.1) is 0 Å². The molecule has 0 bridgehead atoms. The highest BCUT2D eigenvalue weighted by Gasteiger charge is 2.35. The number of methoxy groups -OCH3 is 1. The fourth-order valence-corrected chi connectivity index (χ4v) is 5.15. The molecule has 0 spiro atoms. The number of alkyl halides is 3. The Balaban J connectivity index is 1.62. The summed E-state index contributed by atoms with van der Waals surface area (Å²) in [4.78, 5) is 31.2. The zero-order valence-electron chi connectivity index (χ0n) is 18.2. The van der Waals surface area contributed by atoms with Crippen molar-refractivity contribution in [3.63, 3.8) is 0 Å². The monoisotopic (exact) mass is 497 g/mol. The number of carbonyl (C=O) groups is 2. The van der Waals surface area contributed by atoms with Crippen molar-refractivity contribution in [3.8, 4) is 5.88 Å². The van der Waals surface area contributed by atoms with Gasteiger partial charge in [0.25, 0.3) is 5.91 Å². The molecule has 1 aromatic heterocycles. The van der Waals surface area contributed by atoms with Crippen LogP contribution in [-0.2, 0) is 26.7 Å². The normalized spacial score (nSPS) is 19.1. The lowest BCUT2D eigenvalue weighted by Gasteiger charge is -2.34. The summed E-state index contributed by atoms with van der Waals surface area (Å²) in [5.41, 5.74) is -0.386. The van der Waals surface area contributed by atoms with Gasteiger partial charge in [-0.25, -0.2) is 14.0 Å². The zero-order chi connectivity index (χ0) is 24.5. The van der Waals surface area contributed by atoms with Gasteiger partial charge in [0.15, 0.2) is 11.0 Å². The van der Waals surface area contributed by atoms with Crippen molar-refractivity contribution < 1.29 is 36.4 Å². The van der Waals surface area contributed by atoms with E-state index in [2.05, 4.69) is 4.98 Å². The third-order valence-corrected chi connectivity index (χ3v) is 7.16. The van der Waals surface area contributed by atoms with Gasteiger partial charge < -0.3 is 14.4 Å². The maximum absolute atomic E-state index is 13.2. The van der Waals surface area contributed by atoms with E-state index in [0.717, 1.165) is 37.1 Å². The largest absolute Gasteiger partial charge is 0.474 e. The lowest BCUT2D eigenvalue weighted by atomic mass is 10.0. The molecule has 4 rings (SSSR count). The Hall–Kier alpha value is -3.15. The van der Waals surface area contributed by atoms with E-state index in [4.69, 9.17) is 9.47 Å². The predicted molar refractivity (Wildman–Crippen MR) is 116 cm³/mol. The van der Waals surface area contributed by atoms with Crippen molar-refractivity contribution in [2.75, 3.05) is 31.1 Å². The zero-order valence-corrected chi connectivity index (χ0v) is 19.0. The van der Waals surface area contributed by atoms with Gasteiger partial charge in [-0.05, 0) is 49.6 Å². The second-order valence-corrected chi connectivity index (χ2v) is 9.21. The standard InChI is InChI=1S/C22H22F3N3O5S/c1-32-21(30)17-4-2-3-9-27(17)20(29)14-12-18-19(26-13-14)33-11-10-28(18)34(31)16-7-5-15(6-8-16)22(23,24)25/h5-8,12-13,17H,2-4,9-11H2,1H3. The van der Waals surface area contributed by atoms with Crippen LogP contribution in [-0.4, -0.2) is 58.8 Å². The number of carbonyl (C=O) groups excluding carboxylic acids is 2. The maximum Gasteiger partial charge on any atom is 0.416 e. The van der Waals surface area contributed by atoms with Crippen LogP contribution in [0.1, 0.15) is 35.2 Å². The number of piperidine rings is 1. The van der Waals surface area contributed by atoms with Crippen molar-refractivity contribution in [1.82, 2.24) is 9.88 Å². The van der Waals surface area contributed by atoms with Gasteiger partial charge in [-0.2, -0.15) is 13.2 Å². The van der Waals surface area contributed by atoms with Gasteiger partial charge in [-0.1, -0.05) is 0 Å². The number of hydrogen-bond donors (Lipinski definition) is 0. The highest BCUT2D eigenvalue weighted by atomic mass is 32.2. The number of pyridine rings is 1. The van der Waals surface area contributed by atoms with Gasteiger partial charge >= 0.3 is 12.1 Å². The van der Waals surface area contributed by atoms with Crippen LogP contribution < -0.4 is 9.04 Å². The number of nitrogens with zero attached hydrogens (tertiary/aromatic N) is 3. The molecule has 0 saturated carbocycles. The molecule has 1 saturated heterocycles. The molecule has 1 aromatic carbocycles. The second-order valence-electron chi connectivity index (χ2n) is 7.80. The molecule has 2 aromatic rings. The fourth-order valence-electron chi connectivity index (χ4n) is 3.97. The summed E-state index contributed by atoms with van der Waals surface area (Å²) in [5, 5.41) is 0. The first-order valence-electron chi connectivity index (χ1n) is 10.6. The Morgan fingerprint density at radius 1 is 1.18 bits per heavy atom. The summed E-state index contributed by atoms with van der Waals surface area (Å²) >= 11 is 0. The van der Waals surface area contributed by atoms with E-state index in [1.807, 2.05) is 0 Å². The molecule has 2 aliphatic rings. The number of amides is 1. The summed E-state index contributed by atoms with van der Waals surface area (Å²) in [5.74, 6) is -0.755. The van der Waals surface area contributed by atoms with E-state index in [-0.39, 0.29) is 35.2 Å².